The van der Waals surface area contributed by atoms with Gasteiger partial charge in [-0.25, -0.2) is 4.98 Å². The molecule has 1 aliphatic carbocycles. The van der Waals surface area contributed by atoms with E-state index in [-0.39, 0.29) is 17.1 Å². The fraction of sp³-hybridized carbons (Fsp3) is 0.733. The number of ether oxygens (including phenoxy) is 1. The van der Waals surface area contributed by atoms with E-state index in [4.69, 9.17) is 4.74 Å². The maximum atomic E-state index is 12.5. The van der Waals surface area contributed by atoms with Gasteiger partial charge >= 0.3 is 0 Å². The Bertz CT molecular complexity index is 501. The molecule has 0 saturated carbocycles. The van der Waals surface area contributed by atoms with Crippen LogP contribution >= 0.6 is 0 Å². The molecule has 1 aromatic rings. The zero-order valence-electron chi connectivity index (χ0n) is 12.4. The Balaban J connectivity index is 2.32. The summed E-state index contributed by atoms with van der Waals surface area (Å²) in [5.41, 5.74) is 2.22. The summed E-state index contributed by atoms with van der Waals surface area (Å²) in [5, 5.41) is 0. The third-order valence-electron chi connectivity index (χ3n) is 4.10. The topological polar surface area (TPSA) is 44.1 Å². The fourth-order valence-corrected chi connectivity index (χ4v) is 2.70. The average Bonchev–Trinajstić information content (AvgIpc) is 2.38. The van der Waals surface area contributed by atoms with Crippen LogP contribution in [-0.4, -0.2) is 22.8 Å². The van der Waals surface area contributed by atoms with Gasteiger partial charge in [-0.15, -0.1) is 0 Å². The number of rotatable bonds is 4. The van der Waals surface area contributed by atoms with Crippen molar-refractivity contribution in [2.75, 3.05) is 7.11 Å². The monoisotopic (exact) mass is 264 g/mol. The number of hydrogen-bond donors (Lipinski definition) is 0. The van der Waals surface area contributed by atoms with Crippen molar-refractivity contribution >= 4 is 0 Å². The van der Waals surface area contributed by atoms with Crippen molar-refractivity contribution in [3.8, 4) is 0 Å². The Morgan fingerprint density at radius 1 is 1.53 bits per heavy atom. The largest absolute Gasteiger partial charge is 0.380 e. The number of fused-ring (bicyclic) bond motifs is 1. The van der Waals surface area contributed by atoms with Crippen molar-refractivity contribution < 1.29 is 4.74 Å². The van der Waals surface area contributed by atoms with Crippen LogP contribution in [0.3, 0.4) is 0 Å². The van der Waals surface area contributed by atoms with Crippen LogP contribution < -0.4 is 5.56 Å². The molecule has 19 heavy (non-hydrogen) atoms. The average molecular weight is 264 g/mol. The molecular weight excluding hydrogens is 240 g/mol. The predicted octanol–water partition coefficient (Wildman–Crippen LogP) is 2.18. The van der Waals surface area contributed by atoms with Crippen molar-refractivity contribution in [2.45, 2.75) is 59.1 Å². The van der Waals surface area contributed by atoms with Crippen LogP contribution in [-0.2, 0) is 24.1 Å². The lowest BCUT2D eigenvalue weighted by atomic mass is 9.76. The lowest BCUT2D eigenvalue weighted by Gasteiger charge is -2.30. The number of aromatic nitrogens is 2. The van der Waals surface area contributed by atoms with Crippen LogP contribution in [0, 0.1) is 5.41 Å². The van der Waals surface area contributed by atoms with Crippen molar-refractivity contribution in [1.29, 1.82) is 0 Å². The summed E-state index contributed by atoms with van der Waals surface area (Å²) in [6, 6.07) is 0. The zero-order valence-corrected chi connectivity index (χ0v) is 12.4. The standard InChI is InChI=1S/C15H24N2O2/c1-5-11(19-4)9-17-10-16-13-6-7-15(2,3)8-12(13)14(17)18/h10-11H,5-9H2,1-4H3. The molecule has 4 nitrogen and oxygen atoms in total. The summed E-state index contributed by atoms with van der Waals surface area (Å²) in [4.78, 5) is 17.0. The highest BCUT2D eigenvalue weighted by molar-refractivity contribution is 5.22. The molecule has 1 aromatic heterocycles. The molecule has 0 bridgehead atoms. The van der Waals surface area contributed by atoms with E-state index >= 15 is 0 Å². The van der Waals surface area contributed by atoms with Crippen LogP contribution in [0.1, 0.15) is 44.9 Å². The van der Waals surface area contributed by atoms with E-state index < -0.39 is 0 Å². The summed E-state index contributed by atoms with van der Waals surface area (Å²) in [5.74, 6) is 0. The Labute approximate surface area is 114 Å². The van der Waals surface area contributed by atoms with Crippen molar-refractivity contribution in [2.24, 2.45) is 5.41 Å². The summed E-state index contributed by atoms with van der Waals surface area (Å²) >= 11 is 0. The first-order valence-corrected chi connectivity index (χ1v) is 7.07. The first-order chi connectivity index (χ1) is 8.96. The molecule has 0 amide bonds. The molecular formula is C15H24N2O2. The molecule has 0 fully saturated rings. The van der Waals surface area contributed by atoms with E-state index in [0.29, 0.717) is 6.54 Å². The molecule has 4 heteroatoms. The van der Waals surface area contributed by atoms with Crippen LogP contribution in [0.15, 0.2) is 11.1 Å². The zero-order chi connectivity index (χ0) is 14.0. The van der Waals surface area contributed by atoms with E-state index in [9.17, 15) is 4.79 Å². The SMILES string of the molecule is CCC(Cn1cnc2c(c1=O)CC(C)(C)CC2)OC. The minimum Gasteiger partial charge on any atom is -0.380 e. The first-order valence-electron chi connectivity index (χ1n) is 7.07. The van der Waals surface area contributed by atoms with Gasteiger partial charge < -0.3 is 4.74 Å². The summed E-state index contributed by atoms with van der Waals surface area (Å²) in [7, 11) is 1.69. The second-order valence-corrected chi connectivity index (χ2v) is 6.23. The number of hydrogen-bond acceptors (Lipinski definition) is 3. The van der Waals surface area contributed by atoms with Crippen molar-refractivity contribution in [3.05, 3.63) is 27.9 Å². The normalized spacial score (nSPS) is 18.9. The minimum absolute atomic E-state index is 0.0779. The van der Waals surface area contributed by atoms with Gasteiger partial charge in [0.15, 0.2) is 0 Å². The maximum Gasteiger partial charge on any atom is 0.256 e. The smallest absolute Gasteiger partial charge is 0.256 e. The molecule has 0 radical (unpaired) electrons. The van der Waals surface area contributed by atoms with Gasteiger partial charge in [0.1, 0.15) is 0 Å². The van der Waals surface area contributed by atoms with E-state index in [1.54, 1.807) is 18.0 Å². The minimum atomic E-state index is 0.0779. The third-order valence-corrected chi connectivity index (χ3v) is 4.10. The number of nitrogens with zero attached hydrogens (tertiary/aromatic N) is 2. The Hall–Kier alpha value is -1.16. The molecule has 0 N–H and O–H groups in total. The second-order valence-electron chi connectivity index (χ2n) is 6.23. The lowest BCUT2D eigenvalue weighted by molar-refractivity contribution is 0.0832. The highest BCUT2D eigenvalue weighted by Crippen LogP contribution is 2.32. The Kier molecular flexibility index (Phi) is 4.09. The van der Waals surface area contributed by atoms with Crippen molar-refractivity contribution in [1.82, 2.24) is 9.55 Å². The van der Waals surface area contributed by atoms with Crippen LogP contribution in [0.25, 0.3) is 0 Å². The molecule has 0 spiro atoms. The van der Waals surface area contributed by atoms with Crippen LogP contribution in [0.5, 0.6) is 0 Å². The maximum absolute atomic E-state index is 12.5. The van der Waals surface area contributed by atoms with E-state index in [0.717, 1.165) is 36.9 Å². The molecule has 1 heterocycles. The molecule has 1 aliphatic rings. The van der Waals surface area contributed by atoms with Gasteiger partial charge in [-0.3, -0.25) is 9.36 Å². The van der Waals surface area contributed by atoms with E-state index in [1.807, 2.05) is 0 Å². The molecule has 2 rings (SSSR count). The Morgan fingerprint density at radius 3 is 2.89 bits per heavy atom. The second kappa shape index (κ2) is 5.45. The van der Waals surface area contributed by atoms with E-state index in [2.05, 4.69) is 25.8 Å². The van der Waals surface area contributed by atoms with Crippen LogP contribution in [0.4, 0.5) is 0 Å². The summed E-state index contributed by atoms with van der Waals surface area (Å²) in [6.07, 6.45) is 5.51. The van der Waals surface area contributed by atoms with Gasteiger partial charge in [-0.05, 0) is 31.1 Å². The van der Waals surface area contributed by atoms with Gasteiger partial charge in [0.25, 0.3) is 5.56 Å². The molecule has 1 unspecified atom stereocenters. The third kappa shape index (κ3) is 3.06. The summed E-state index contributed by atoms with van der Waals surface area (Å²) in [6.45, 7) is 7.09. The molecule has 0 aliphatic heterocycles. The number of aryl methyl sites for hydroxylation is 1. The predicted molar refractivity (Wildman–Crippen MR) is 75.4 cm³/mol. The quantitative estimate of drug-likeness (QED) is 0.837. The fourth-order valence-electron chi connectivity index (χ4n) is 2.70. The van der Waals surface area contributed by atoms with Gasteiger partial charge in [0.2, 0.25) is 0 Å². The van der Waals surface area contributed by atoms with Crippen molar-refractivity contribution in [3.63, 3.8) is 0 Å². The first kappa shape index (κ1) is 14.3. The van der Waals surface area contributed by atoms with Gasteiger partial charge in [-0.2, -0.15) is 0 Å². The lowest BCUT2D eigenvalue weighted by Crippen LogP contribution is -2.35. The molecule has 1 atom stereocenters. The molecule has 0 saturated heterocycles. The number of methoxy groups -OCH3 is 1. The Morgan fingerprint density at radius 2 is 2.26 bits per heavy atom. The van der Waals surface area contributed by atoms with Gasteiger partial charge in [-0.1, -0.05) is 20.8 Å². The highest BCUT2D eigenvalue weighted by atomic mass is 16.5. The molecule has 0 aromatic carbocycles. The van der Waals surface area contributed by atoms with E-state index in [1.165, 1.54) is 0 Å². The van der Waals surface area contributed by atoms with Gasteiger partial charge in [0, 0.05) is 12.7 Å². The molecule has 106 valence electrons. The van der Waals surface area contributed by atoms with Gasteiger partial charge in [0.05, 0.1) is 24.7 Å². The summed E-state index contributed by atoms with van der Waals surface area (Å²) < 4.78 is 7.06. The highest BCUT2D eigenvalue weighted by Gasteiger charge is 2.28. The van der Waals surface area contributed by atoms with Crippen LogP contribution in [0.2, 0.25) is 0 Å².